The molecule has 2 heterocycles. The Morgan fingerprint density at radius 3 is 3.06 bits per heavy atom. The molecule has 1 N–H and O–H groups in total. The van der Waals surface area contributed by atoms with Crippen molar-refractivity contribution in [3.8, 4) is 0 Å². The van der Waals surface area contributed by atoms with E-state index < -0.39 is 0 Å². The number of aromatic nitrogens is 2. The van der Waals surface area contributed by atoms with Crippen molar-refractivity contribution in [3.63, 3.8) is 0 Å². The van der Waals surface area contributed by atoms with Gasteiger partial charge in [-0.25, -0.2) is 4.98 Å². The highest BCUT2D eigenvalue weighted by atomic mass is 16.5. The average Bonchev–Trinajstić information content (AvgIpc) is 3.15. The van der Waals surface area contributed by atoms with Crippen LogP contribution in [0.5, 0.6) is 0 Å². The van der Waals surface area contributed by atoms with E-state index in [1.807, 2.05) is 12.5 Å². The maximum absolute atomic E-state index is 5.88. The highest BCUT2D eigenvalue weighted by molar-refractivity contribution is 5.09. The van der Waals surface area contributed by atoms with Crippen LogP contribution in [0.4, 0.5) is 0 Å². The fourth-order valence-electron chi connectivity index (χ4n) is 4.15. The Morgan fingerprint density at radius 1 is 1.33 bits per heavy atom. The van der Waals surface area contributed by atoms with Crippen LogP contribution in [0.2, 0.25) is 0 Å². The number of fused-ring (bicyclic) bond motifs is 2. The summed E-state index contributed by atoms with van der Waals surface area (Å²) in [7, 11) is 0. The van der Waals surface area contributed by atoms with E-state index in [-0.39, 0.29) is 6.10 Å². The largest absolute Gasteiger partial charge is 0.369 e. The van der Waals surface area contributed by atoms with E-state index in [1.165, 1.54) is 31.4 Å². The van der Waals surface area contributed by atoms with Gasteiger partial charge in [0, 0.05) is 19.1 Å². The first-order valence-electron chi connectivity index (χ1n) is 7.26. The third-order valence-corrected chi connectivity index (χ3v) is 5.01. The Bertz CT molecular complexity index is 424. The molecule has 4 unspecified atom stereocenters. The molecule has 0 aromatic carbocycles. The van der Waals surface area contributed by atoms with Gasteiger partial charge < -0.3 is 14.6 Å². The second-order valence-electron chi connectivity index (χ2n) is 6.03. The molecule has 1 aromatic rings. The lowest BCUT2D eigenvalue weighted by molar-refractivity contribution is 0.0212. The Kier molecular flexibility index (Phi) is 2.66. The van der Waals surface area contributed by atoms with Gasteiger partial charge in [-0.3, -0.25) is 0 Å². The van der Waals surface area contributed by atoms with Gasteiger partial charge >= 0.3 is 0 Å². The highest BCUT2D eigenvalue weighted by Gasteiger charge is 2.41. The van der Waals surface area contributed by atoms with Gasteiger partial charge in [0.25, 0.3) is 0 Å². The zero-order valence-electron chi connectivity index (χ0n) is 10.7. The maximum Gasteiger partial charge on any atom is 0.111 e. The van der Waals surface area contributed by atoms with Crippen molar-refractivity contribution >= 4 is 0 Å². The topological polar surface area (TPSA) is 39.1 Å². The normalized spacial score (nSPS) is 39.3. The number of ether oxygens (including phenoxy) is 1. The summed E-state index contributed by atoms with van der Waals surface area (Å²) in [6, 6.07) is 0.687. The molecule has 4 atom stereocenters. The minimum atomic E-state index is 0.195. The molecule has 4 rings (SSSR count). The van der Waals surface area contributed by atoms with Crippen molar-refractivity contribution in [2.45, 2.75) is 37.8 Å². The van der Waals surface area contributed by atoms with Gasteiger partial charge in [-0.2, -0.15) is 0 Å². The number of imidazole rings is 1. The van der Waals surface area contributed by atoms with E-state index in [0.717, 1.165) is 31.5 Å². The molecule has 0 amide bonds. The van der Waals surface area contributed by atoms with Crippen molar-refractivity contribution in [2.24, 2.45) is 11.8 Å². The van der Waals surface area contributed by atoms with E-state index in [0.29, 0.717) is 6.04 Å². The molecule has 4 heteroatoms. The molecule has 1 aromatic heterocycles. The minimum absolute atomic E-state index is 0.195. The Hall–Kier alpha value is -0.870. The molecule has 2 aliphatic carbocycles. The third-order valence-electron chi connectivity index (χ3n) is 5.01. The summed E-state index contributed by atoms with van der Waals surface area (Å²) in [6.07, 6.45) is 9.88. The van der Waals surface area contributed by atoms with Gasteiger partial charge in [0.15, 0.2) is 0 Å². The van der Waals surface area contributed by atoms with Crippen LogP contribution in [-0.2, 0) is 4.74 Å². The third kappa shape index (κ3) is 1.70. The Balaban J connectivity index is 1.59. The summed E-state index contributed by atoms with van der Waals surface area (Å²) in [5.41, 5.74) is 1.28. The molecule has 1 aliphatic heterocycles. The molecule has 1 saturated heterocycles. The van der Waals surface area contributed by atoms with Gasteiger partial charge in [0.1, 0.15) is 6.10 Å². The van der Waals surface area contributed by atoms with Crippen LogP contribution in [0, 0.1) is 11.8 Å². The first kappa shape index (κ1) is 11.0. The smallest absolute Gasteiger partial charge is 0.111 e. The number of hydrogen-bond donors (Lipinski definition) is 1. The number of nitrogens with one attached hydrogen (secondary N) is 1. The Morgan fingerprint density at radius 2 is 2.33 bits per heavy atom. The predicted molar refractivity (Wildman–Crippen MR) is 68.3 cm³/mol. The van der Waals surface area contributed by atoms with Crippen LogP contribution in [0.1, 0.15) is 43.5 Å². The SMILES string of the molecule is c1ncn(C2CC3CCC2C3)c1C1CNCCO1. The quantitative estimate of drug-likeness (QED) is 0.867. The van der Waals surface area contributed by atoms with Gasteiger partial charge in [-0.1, -0.05) is 6.42 Å². The van der Waals surface area contributed by atoms with Crippen LogP contribution in [0.25, 0.3) is 0 Å². The molecule has 2 saturated carbocycles. The molecule has 0 spiro atoms. The number of hydrogen-bond acceptors (Lipinski definition) is 3. The van der Waals surface area contributed by atoms with E-state index >= 15 is 0 Å². The fourth-order valence-corrected chi connectivity index (χ4v) is 4.15. The fraction of sp³-hybridized carbons (Fsp3) is 0.786. The monoisotopic (exact) mass is 247 g/mol. The van der Waals surface area contributed by atoms with Gasteiger partial charge in [-0.05, 0) is 31.1 Å². The van der Waals surface area contributed by atoms with Crippen molar-refractivity contribution in [1.82, 2.24) is 14.9 Å². The first-order valence-corrected chi connectivity index (χ1v) is 7.26. The highest BCUT2D eigenvalue weighted by Crippen LogP contribution is 2.51. The molecular weight excluding hydrogens is 226 g/mol. The van der Waals surface area contributed by atoms with Crippen LogP contribution < -0.4 is 5.32 Å². The molecule has 0 radical (unpaired) electrons. The van der Waals surface area contributed by atoms with E-state index in [9.17, 15) is 0 Å². The van der Waals surface area contributed by atoms with Gasteiger partial charge in [0.05, 0.1) is 24.8 Å². The summed E-state index contributed by atoms with van der Waals surface area (Å²) >= 11 is 0. The number of morpholine rings is 1. The van der Waals surface area contributed by atoms with Crippen LogP contribution in [-0.4, -0.2) is 29.2 Å². The molecule has 3 fully saturated rings. The van der Waals surface area contributed by atoms with E-state index in [1.54, 1.807) is 0 Å². The van der Waals surface area contributed by atoms with Crippen molar-refractivity contribution in [1.29, 1.82) is 0 Å². The van der Waals surface area contributed by atoms with Crippen LogP contribution >= 0.6 is 0 Å². The number of rotatable bonds is 2. The molecule has 98 valence electrons. The molecule has 18 heavy (non-hydrogen) atoms. The summed E-state index contributed by atoms with van der Waals surface area (Å²) in [5.74, 6) is 1.86. The van der Waals surface area contributed by atoms with E-state index in [2.05, 4.69) is 14.9 Å². The van der Waals surface area contributed by atoms with Crippen LogP contribution in [0.3, 0.4) is 0 Å². The maximum atomic E-state index is 5.88. The van der Waals surface area contributed by atoms with Crippen LogP contribution in [0.15, 0.2) is 12.5 Å². The lowest BCUT2D eigenvalue weighted by Crippen LogP contribution is -2.35. The summed E-state index contributed by atoms with van der Waals surface area (Å²) in [5, 5.41) is 3.41. The van der Waals surface area contributed by atoms with E-state index in [4.69, 9.17) is 4.74 Å². The minimum Gasteiger partial charge on any atom is -0.369 e. The Labute approximate surface area is 108 Å². The molecule has 4 nitrogen and oxygen atoms in total. The van der Waals surface area contributed by atoms with Gasteiger partial charge in [0.2, 0.25) is 0 Å². The van der Waals surface area contributed by atoms with Crippen molar-refractivity contribution < 1.29 is 4.74 Å². The summed E-state index contributed by atoms with van der Waals surface area (Å²) in [4.78, 5) is 4.38. The van der Waals surface area contributed by atoms with Gasteiger partial charge in [-0.15, -0.1) is 0 Å². The first-order chi connectivity index (χ1) is 8.92. The predicted octanol–water partition coefficient (Wildman–Crippen LogP) is 1.91. The second kappa shape index (κ2) is 4.35. The zero-order chi connectivity index (χ0) is 11.9. The standard InChI is InChI=1S/C14H21N3O/c1-2-11-5-10(1)6-12(11)17-9-16-7-13(17)14-8-15-3-4-18-14/h7,9-12,14-15H,1-6,8H2. The molecule has 2 bridgehead atoms. The van der Waals surface area contributed by atoms with Crippen molar-refractivity contribution in [3.05, 3.63) is 18.2 Å². The molecule has 3 aliphatic rings. The summed E-state index contributed by atoms with van der Waals surface area (Å²) < 4.78 is 8.30. The molecular formula is C14H21N3O. The summed E-state index contributed by atoms with van der Waals surface area (Å²) in [6.45, 7) is 2.71. The zero-order valence-corrected chi connectivity index (χ0v) is 10.7. The lowest BCUT2D eigenvalue weighted by atomic mass is 9.95. The number of nitrogens with zero attached hydrogens (tertiary/aromatic N) is 2. The second-order valence-corrected chi connectivity index (χ2v) is 6.03. The lowest BCUT2D eigenvalue weighted by Gasteiger charge is -2.29. The average molecular weight is 247 g/mol. The van der Waals surface area contributed by atoms with Crippen molar-refractivity contribution in [2.75, 3.05) is 19.7 Å².